The Morgan fingerprint density at radius 1 is 1.47 bits per heavy atom. The van der Waals surface area contributed by atoms with Crippen LogP contribution in [0.3, 0.4) is 0 Å². The Hall–Kier alpha value is -0.610. The lowest BCUT2D eigenvalue weighted by Crippen LogP contribution is -2.30. The zero-order valence-electron chi connectivity index (χ0n) is 9.79. The van der Waals surface area contributed by atoms with Crippen LogP contribution >= 0.6 is 28.1 Å². The van der Waals surface area contributed by atoms with Crippen LogP contribution in [0.2, 0.25) is 0 Å². The molecule has 4 heteroatoms. The van der Waals surface area contributed by atoms with Crippen LogP contribution in [0.15, 0.2) is 22.7 Å². The Bertz CT molecular complexity index is 622. The van der Waals surface area contributed by atoms with E-state index in [1.165, 1.54) is 24.8 Å². The highest BCUT2D eigenvalue weighted by Gasteiger charge is 2.32. The Morgan fingerprint density at radius 2 is 2.24 bits per heavy atom. The minimum atomic E-state index is 0.440. The molecule has 1 aliphatic carbocycles. The molecule has 90 valence electrons. The first-order valence-corrected chi connectivity index (χ1v) is 7.16. The van der Waals surface area contributed by atoms with Crippen molar-refractivity contribution >= 4 is 39.2 Å². The molecule has 0 atom stereocenters. The third-order valence-corrected chi connectivity index (χ3v) is 4.65. The first kappa shape index (κ1) is 11.5. The molecule has 2 aromatic rings. The molecule has 0 amide bonds. The van der Waals surface area contributed by atoms with Crippen LogP contribution in [-0.2, 0) is 6.54 Å². The number of H-pyrrole nitrogens is 1. The summed E-state index contributed by atoms with van der Waals surface area (Å²) in [6.07, 6.45) is 3.99. The summed E-state index contributed by atoms with van der Waals surface area (Å²) >= 11 is 8.95. The fraction of sp³-hybridized carbons (Fsp3) is 0.462. The number of aromatic nitrogens is 2. The van der Waals surface area contributed by atoms with Crippen molar-refractivity contribution in [1.29, 1.82) is 0 Å². The number of fused-ring (bicyclic) bond motifs is 1. The summed E-state index contributed by atoms with van der Waals surface area (Å²) in [4.78, 5) is 3.28. The SMILES string of the molecule is CC1(Cn2c(=S)[nH]c3ccc(Br)cc32)CCC1. The van der Waals surface area contributed by atoms with Crippen LogP contribution in [0.5, 0.6) is 0 Å². The average Bonchev–Trinajstić information content (AvgIpc) is 2.53. The quantitative estimate of drug-likeness (QED) is 0.801. The van der Waals surface area contributed by atoms with Gasteiger partial charge in [0.15, 0.2) is 4.77 Å². The average molecular weight is 311 g/mol. The molecule has 17 heavy (non-hydrogen) atoms. The third kappa shape index (κ3) is 1.97. The van der Waals surface area contributed by atoms with E-state index in [4.69, 9.17) is 12.2 Å². The predicted molar refractivity (Wildman–Crippen MR) is 76.8 cm³/mol. The number of hydrogen-bond acceptors (Lipinski definition) is 1. The molecule has 0 spiro atoms. The second kappa shape index (κ2) is 3.95. The summed E-state index contributed by atoms with van der Waals surface area (Å²) in [6.45, 7) is 3.39. The molecule has 1 heterocycles. The molecule has 1 N–H and O–H groups in total. The normalized spacial score (nSPS) is 18.2. The van der Waals surface area contributed by atoms with Crippen molar-refractivity contribution in [3.8, 4) is 0 Å². The van der Waals surface area contributed by atoms with Gasteiger partial charge in [0.1, 0.15) is 0 Å². The predicted octanol–water partition coefficient (Wildman–Crippen LogP) is 4.65. The fourth-order valence-electron chi connectivity index (χ4n) is 2.60. The molecule has 1 aromatic heterocycles. The van der Waals surface area contributed by atoms with Crippen molar-refractivity contribution in [1.82, 2.24) is 9.55 Å². The number of nitrogens with one attached hydrogen (secondary N) is 1. The summed E-state index contributed by atoms with van der Waals surface area (Å²) in [5.74, 6) is 0. The lowest BCUT2D eigenvalue weighted by molar-refractivity contribution is 0.133. The minimum Gasteiger partial charge on any atom is -0.331 e. The number of halogens is 1. The zero-order chi connectivity index (χ0) is 12.0. The second-order valence-corrected chi connectivity index (χ2v) is 6.64. The number of rotatable bonds is 2. The standard InChI is InChI=1S/C13H15BrN2S/c1-13(5-2-6-13)8-16-11-7-9(14)3-4-10(11)15-12(16)17/h3-4,7H,2,5-6,8H2,1H3,(H,15,17). The molecule has 2 nitrogen and oxygen atoms in total. The summed E-state index contributed by atoms with van der Waals surface area (Å²) in [6, 6.07) is 6.27. The number of nitrogens with zero attached hydrogens (tertiary/aromatic N) is 1. The van der Waals surface area contributed by atoms with Crippen LogP contribution in [0.25, 0.3) is 11.0 Å². The van der Waals surface area contributed by atoms with Crippen LogP contribution in [0.4, 0.5) is 0 Å². The Balaban J connectivity index is 2.11. The fourth-order valence-corrected chi connectivity index (χ4v) is 3.22. The van der Waals surface area contributed by atoms with Crippen molar-refractivity contribution < 1.29 is 0 Å². The number of benzene rings is 1. The zero-order valence-corrected chi connectivity index (χ0v) is 12.2. The summed E-state index contributed by atoms with van der Waals surface area (Å²) in [5.41, 5.74) is 2.77. The maximum atomic E-state index is 5.43. The number of imidazole rings is 1. The van der Waals surface area contributed by atoms with Gasteiger partial charge in [-0.2, -0.15) is 0 Å². The van der Waals surface area contributed by atoms with E-state index >= 15 is 0 Å². The van der Waals surface area contributed by atoms with Gasteiger partial charge in [-0.15, -0.1) is 0 Å². The van der Waals surface area contributed by atoms with Gasteiger partial charge in [-0.3, -0.25) is 0 Å². The van der Waals surface area contributed by atoms with E-state index in [-0.39, 0.29) is 0 Å². The van der Waals surface area contributed by atoms with Crippen LogP contribution in [0, 0.1) is 10.2 Å². The Morgan fingerprint density at radius 3 is 2.88 bits per heavy atom. The molecule has 1 fully saturated rings. The van der Waals surface area contributed by atoms with E-state index in [1.807, 2.05) is 6.07 Å². The van der Waals surface area contributed by atoms with Crippen molar-refractivity contribution in [2.45, 2.75) is 32.7 Å². The molecule has 0 bridgehead atoms. The van der Waals surface area contributed by atoms with Gasteiger partial charge in [-0.1, -0.05) is 29.3 Å². The molecular formula is C13H15BrN2S. The lowest BCUT2D eigenvalue weighted by Gasteiger charge is -2.38. The summed E-state index contributed by atoms with van der Waals surface area (Å²) in [5, 5.41) is 0. The monoisotopic (exact) mass is 310 g/mol. The molecule has 1 aromatic carbocycles. The van der Waals surface area contributed by atoms with Crippen molar-refractivity contribution in [2.75, 3.05) is 0 Å². The summed E-state index contributed by atoms with van der Waals surface area (Å²) in [7, 11) is 0. The van der Waals surface area contributed by atoms with E-state index in [1.54, 1.807) is 0 Å². The maximum absolute atomic E-state index is 5.43. The van der Waals surface area contributed by atoms with Gasteiger partial charge in [-0.05, 0) is 48.7 Å². The lowest BCUT2D eigenvalue weighted by atomic mass is 9.70. The summed E-state index contributed by atoms with van der Waals surface area (Å²) < 4.78 is 4.19. The molecular weight excluding hydrogens is 296 g/mol. The van der Waals surface area contributed by atoms with Gasteiger partial charge in [0.25, 0.3) is 0 Å². The molecule has 3 rings (SSSR count). The molecule has 0 aliphatic heterocycles. The maximum Gasteiger partial charge on any atom is 0.178 e. The molecule has 1 saturated carbocycles. The van der Waals surface area contributed by atoms with Crippen LogP contribution in [-0.4, -0.2) is 9.55 Å². The molecule has 1 aliphatic rings. The molecule has 0 saturated heterocycles. The van der Waals surface area contributed by atoms with E-state index < -0.39 is 0 Å². The van der Waals surface area contributed by atoms with Gasteiger partial charge >= 0.3 is 0 Å². The minimum absolute atomic E-state index is 0.440. The Labute approximate surface area is 114 Å². The highest BCUT2D eigenvalue weighted by Crippen LogP contribution is 2.42. The van der Waals surface area contributed by atoms with E-state index in [9.17, 15) is 0 Å². The van der Waals surface area contributed by atoms with Crippen molar-refractivity contribution in [3.63, 3.8) is 0 Å². The largest absolute Gasteiger partial charge is 0.331 e. The highest BCUT2D eigenvalue weighted by atomic mass is 79.9. The second-order valence-electron chi connectivity index (χ2n) is 5.34. The first-order chi connectivity index (χ1) is 8.07. The smallest absolute Gasteiger partial charge is 0.178 e. The first-order valence-electron chi connectivity index (χ1n) is 5.96. The van der Waals surface area contributed by atoms with E-state index in [2.05, 4.69) is 44.5 Å². The van der Waals surface area contributed by atoms with Gasteiger partial charge in [0.05, 0.1) is 11.0 Å². The van der Waals surface area contributed by atoms with Gasteiger partial charge in [0.2, 0.25) is 0 Å². The van der Waals surface area contributed by atoms with Gasteiger partial charge in [0, 0.05) is 11.0 Å². The topological polar surface area (TPSA) is 20.7 Å². The van der Waals surface area contributed by atoms with Gasteiger partial charge < -0.3 is 9.55 Å². The van der Waals surface area contributed by atoms with Crippen molar-refractivity contribution in [2.24, 2.45) is 5.41 Å². The highest BCUT2D eigenvalue weighted by molar-refractivity contribution is 9.10. The number of aromatic amines is 1. The number of hydrogen-bond donors (Lipinski definition) is 1. The van der Waals surface area contributed by atoms with Crippen LogP contribution < -0.4 is 0 Å². The van der Waals surface area contributed by atoms with E-state index in [0.717, 1.165) is 21.3 Å². The van der Waals surface area contributed by atoms with Crippen LogP contribution in [0.1, 0.15) is 26.2 Å². The molecule has 0 unspecified atom stereocenters. The molecule has 0 radical (unpaired) electrons. The van der Waals surface area contributed by atoms with Gasteiger partial charge in [-0.25, -0.2) is 0 Å². The van der Waals surface area contributed by atoms with E-state index in [0.29, 0.717) is 5.41 Å². The third-order valence-electron chi connectivity index (χ3n) is 3.84. The Kier molecular flexibility index (Phi) is 2.67. The van der Waals surface area contributed by atoms with Crippen molar-refractivity contribution in [3.05, 3.63) is 27.4 Å².